The van der Waals surface area contributed by atoms with E-state index in [9.17, 15) is 61.3 Å². The molecule has 18 nitrogen and oxygen atoms in total. The number of aliphatic hydroxyl groups is 14. The van der Waals surface area contributed by atoms with Crippen molar-refractivity contribution in [1.82, 2.24) is 5.32 Å². The van der Waals surface area contributed by atoms with Gasteiger partial charge in [0.1, 0.15) is 67.1 Å². The first-order chi connectivity index (χ1) is 25.1. The largest absolute Gasteiger partial charge is 0.396 e. The molecule has 15 N–H and O–H groups in total. The normalized spacial score (nSPS) is 39.6. The van der Waals surface area contributed by atoms with Crippen LogP contribution in [0.15, 0.2) is 0 Å². The molecule has 2 saturated heterocycles. The van der Waals surface area contributed by atoms with Crippen LogP contribution in [-0.4, -0.2) is 208 Å². The van der Waals surface area contributed by atoms with E-state index < -0.39 is 111 Å². The summed E-state index contributed by atoms with van der Waals surface area (Å²) >= 11 is 0. The molecule has 0 bridgehead atoms. The van der Waals surface area contributed by atoms with Crippen molar-refractivity contribution in [2.24, 2.45) is 23.7 Å². The molecule has 0 radical (unpaired) electrons. The van der Waals surface area contributed by atoms with Gasteiger partial charge in [-0.15, -0.1) is 0 Å². The summed E-state index contributed by atoms with van der Waals surface area (Å²) in [4.78, 5) is 0. The number of rotatable bonds is 14. The standard InChI is InChI=1S/C17H32O8.C10H20O4.C9H21NO5/c1-7(2)16-14(22)15(23)17(11(6-19)25-16)24-10-4-9(5-18)8(3)12(20)13(10)21;1-4-6-7(11)8(12)9(13)10(14-6)5(2)3;1-5(2)10-3-6(12)8(14)9(15)7(13)4-11/h7-23H,4-6H2,1-3H3;5-13H,4H2,1-3H3;5-15H,3-4H2,1-2H3/t8-,9-,10+,11-,12+,13+,14-,15-,16-,17-;6-,7+,8+,9-,10+;6-,7+,8+,9+/m110/s1. The van der Waals surface area contributed by atoms with Crippen molar-refractivity contribution in [3.05, 3.63) is 0 Å². The molecule has 0 spiro atoms. The minimum atomic E-state index is -1.56. The van der Waals surface area contributed by atoms with E-state index in [1.807, 2.05) is 48.5 Å². The van der Waals surface area contributed by atoms with Gasteiger partial charge in [0.25, 0.3) is 0 Å². The third kappa shape index (κ3) is 14.0. The molecular weight excluding hydrogens is 718 g/mol. The third-order valence-corrected chi connectivity index (χ3v) is 10.5. The highest BCUT2D eigenvalue weighted by atomic mass is 16.6. The van der Waals surface area contributed by atoms with Crippen LogP contribution >= 0.6 is 0 Å². The molecule has 54 heavy (non-hydrogen) atoms. The molecule has 0 aromatic carbocycles. The molecule has 3 rings (SSSR count). The maximum absolute atomic E-state index is 10.5. The zero-order valence-corrected chi connectivity index (χ0v) is 32.9. The van der Waals surface area contributed by atoms with Crippen molar-refractivity contribution in [2.75, 3.05) is 26.4 Å². The summed E-state index contributed by atoms with van der Waals surface area (Å²) in [7, 11) is 0. The first-order valence-corrected chi connectivity index (χ1v) is 19.1. The van der Waals surface area contributed by atoms with Crippen molar-refractivity contribution in [3.63, 3.8) is 0 Å². The molecule has 324 valence electrons. The van der Waals surface area contributed by atoms with Crippen molar-refractivity contribution >= 4 is 0 Å². The van der Waals surface area contributed by atoms with Crippen LogP contribution in [-0.2, 0) is 14.2 Å². The lowest BCUT2D eigenvalue weighted by Gasteiger charge is -2.47. The fourth-order valence-electron chi connectivity index (χ4n) is 6.78. The van der Waals surface area contributed by atoms with Gasteiger partial charge in [0.05, 0.1) is 49.8 Å². The van der Waals surface area contributed by atoms with Crippen LogP contribution in [0.5, 0.6) is 0 Å². The summed E-state index contributed by atoms with van der Waals surface area (Å²) in [5.74, 6) is -0.495. The zero-order chi connectivity index (χ0) is 41.8. The molecule has 3 aliphatic rings. The number of hydrogen-bond acceptors (Lipinski definition) is 18. The molecular formula is C36H73NO17. The van der Waals surface area contributed by atoms with Crippen molar-refractivity contribution in [3.8, 4) is 0 Å². The zero-order valence-electron chi connectivity index (χ0n) is 32.9. The average Bonchev–Trinajstić information content (AvgIpc) is 3.14. The summed E-state index contributed by atoms with van der Waals surface area (Å²) in [5, 5.41) is 138. The molecule has 1 aliphatic carbocycles. The highest BCUT2D eigenvalue weighted by Gasteiger charge is 2.50. The second-order valence-corrected chi connectivity index (χ2v) is 15.8. The van der Waals surface area contributed by atoms with Gasteiger partial charge >= 0.3 is 0 Å². The monoisotopic (exact) mass is 791 g/mol. The number of ether oxygens (including phenoxy) is 3. The van der Waals surface area contributed by atoms with Gasteiger partial charge < -0.3 is 91.0 Å². The van der Waals surface area contributed by atoms with Gasteiger partial charge in [0, 0.05) is 19.2 Å². The van der Waals surface area contributed by atoms with Gasteiger partial charge in [-0.25, -0.2) is 0 Å². The Hall–Kier alpha value is -0.720. The van der Waals surface area contributed by atoms with Crippen molar-refractivity contribution < 1.29 is 85.7 Å². The lowest BCUT2D eigenvalue weighted by atomic mass is 9.75. The molecule has 2 aliphatic heterocycles. The second-order valence-electron chi connectivity index (χ2n) is 15.8. The maximum atomic E-state index is 10.5. The number of aliphatic hydroxyl groups excluding tert-OH is 14. The van der Waals surface area contributed by atoms with Gasteiger partial charge in [-0.2, -0.15) is 0 Å². The SMILES string of the molecule is CC(C)NC[C@H](O)[C@@H](O)[C@H](O)[C@H](O)CO.CC(C)[C@H]1O[C@H](CO)[C@@H](O[C@H]2C[C@H](CO)[C@@H](C)[C@H](O)[C@H]2O)[C@H](O)[C@H]1O.CC[C@H]1O[C@@H](C(C)C)[C@H](O)[C@@H](O)[C@H]1O. The van der Waals surface area contributed by atoms with E-state index in [0.29, 0.717) is 12.8 Å². The molecule has 19 atom stereocenters. The lowest BCUT2D eigenvalue weighted by molar-refractivity contribution is -0.275. The average molecular weight is 792 g/mol. The minimum Gasteiger partial charge on any atom is -0.396 e. The summed E-state index contributed by atoms with van der Waals surface area (Å²) in [6.45, 7) is 13.8. The molecule has 2 heterocycles. The first-order valence-electron chi connectivity index (χ1n) is 19.1. The van der Waals surface area contributed by atoms with E-state index in [-0.39, 0.29) is 49.0 Å². The molecule has 0 unspecified atom stereocenters. The summed E-state index contributed by atoms with van der Waals surface area (Å²) in [6, 6.07) is 0.145. The molecule has 3 fully saturated rings. The smallest absolute Gasteiger partial charge is 0.115 e. The van der Waals surface area contributed by atoms with Crippen LogP contribution in [0.3, 0.4) is 0 Å². The Morgan fingerprint density at radius 1 is 0.630 bits per heavy atom. The lowest BCUT2D eigenvalue weighted by Crippen LogP contribution is -2.63. The molecule has 0 amide bonds. The summed E-state index contributed by atoms with van der Waals surface area (Å²) < 4.78 is 17.0. The van der Waals surface area contributed by atoms with Crippen molar-refractivity contribution in [1.29, 1.82) is 0 Å². The third-order valence-electron chi connectivity index (χ3n) is 10.5. The fourth-order valence-corrected chi connectivity index (χ4v) is 6.78. The van der Waals surface area contributed by atoms with Crippen molar-refractivity contribution in [2.45, 2.75) is 178 Å². The highest BCUT2D eigenvalue weighted by molar-refractivity contribution is 4.98. The number of hydrogen-bond donors (Lipinski definition) is 15. The van der Waals surface area contributed by atoms with Gasteiger partial charge in [0.2, 0.25) is 0 Å². The van der Waals surface area contributed by atoms with Gasteiger partial charge in [0.15, 0.2) is 0 Å². The van der Waals surface area contributed by atoms with Crippen LogP contribution in [0.4, 0.5) is 0 Å². The fraction of sp³-hybridized carbons (Fsp3) is 1.00. The van der Waals surface area contributed by atoms with Gasteiger partial charge in [-0.3, -0.25) is 0 Å². The van der Waals surface area contributed by atoms with Gasteiger partial charge in [-0.05, 0) is 36.5 Å². The predicted octanol–water partition coefficient (Wildman–Crippen LogP) is -4.43. The van der Waals surface area contributed by atoms with Crippen LogP contribution in [0, 0.1) is 23.7 Å². The van der Waals surface area contributed by atoms with E-state index in [1.54, 1.807) is 6.92 Å². The number of nitrogens with one attached hydrogen (secondary N) is 1. The first kappa shape index (κ1) is 51.3. The van der Waals surface area contributed by atoms with E-state index >= 15 is 0 Å². The van der Waals surface area contributed by atoms with Crippen LogP contribution in [0.25, 0.3) is 0 Å². The predicted molar refractivity (Wildman–Crippen MR) is 194 cm³/mol. The van der Waals surface area contributed by atoms with E-state index in [2.05, 4.69) is 5.32 Å². The Balaban J connectivity index is 0.000000433. The minimum absolute atomic E-state index is 0.0682. The molecule has 1 saturated carbocycles. The topological polar surface area (TPSA) is 323 Å². The maximum Gasteiger partial charge on any atom is 0.115 e. The highest BCUT2D eigenvalue weighted by Crippen LogP contribution is 2.35. The van der Waals surface area contributed by atoms with Crippen LogP contribution in [0.1, 0.15) is 68.2 Å². The summed E-state index contributed by atoms with van der Waals surface area (Å²) in [5.41, 5.74) is 0. The van der Waals surface area contributed by atoms with E-state index in [1.165, 1.54) is 0 Å². The van der Waals surface area contributed by atoms with Crippen LogP contribution in [0.2, 0.25) is 0 Å². The van der Waals surface area contributed by atoms with E-state index in [4.69, 9.17) is 24.4 Å². The second kappa shape index (κ2) is 24.3. The Labute approximate surface area is 319 Å². The quantitative estimate of drug-likeness (QED) is 0.0789. The Morgan fingerprint density at radius 3 is 1.57 bits per heavy atom. The molecule has 18 heteroatoms. The summed E-state index contributed by atoms with van der Waals surface area (Å²) in [6.07, 6.45) is -16.7. The van der Waals surface area contributed by atoms with Crippen LogP contribution < -0.4 is 5.32 Å². The Morgan fingerprint density at radius 2 is 1.13 bits per heavy atom. The molecule has 0 aromatic rings. The molecule has 0 aromatic heterocycles. The van der Waals surface area contributed by atoms with E-state index in [0.717, 1.165) is 0 Å². The van der Waals surface area contributed by atoms with Gasteiger partial charge in [-0.1, -0.05) is 55.4 Å². The Bertz CT molecular complexity index is 993. The Kier molecular flexibility index (Phi) is 23.0.